The first-order valence-electron chi connectivity index (χ1n) is 4.90. The summed E-state index contributed by atoms with van der Waals surface area (Å²) in [6.07, 6.45) is -0.711. The normalized spacial score (nSPS) is 15.0. The second kappa shape index (κ2) is 4.32. The van der Waals surface area contributed by atoms with E-state index in [0.717, 1.165) is 11.1 Å². The van der Waals surface area contributed by atoms with Gasteiger partial charge in [-0.15, -0.1) is 0 Å². The Balaban J connectivity index is 2.30. The fourth-order valence-corrected chi connectivity index (χ4v) is 2.10. The molecule has 0 saturated heterocycles. The van der Waals surface area contributed by atoms with Gasteiger partial charge in [-0.05, 0) is 24.8 Å². The standard InChI is InChI=1S/C10H13N3O2S/c1-5-3-16-4-7(5)9-12-10(15-13-9)8(11)6(2)14/h3-4,6,8,14H,11H2,1-2H3/t6-,8+/m1/s1. The Morgan fingerprint density at radius 2 is 2.25 bits per heavy atom. The van der Waals surface area contributed by atoms with Crippen molar-refractivity contribution >= 4 is 11.3 Å². The Morgan fingerprint density at radius 1 is 1.50 bits per heavy atom. The lowest BCUT2D eigenvalue weighted by Gasteiger charge is -2.08. The number of aromatic nitrogens is 2. The molecular formula is C10H13N3O2S. The van der Waals surface area contributed by atoms with Crippen LogP contribution in [0.5, 0.6) is 0 Å². The van der Waals surface area contributed by atoms with Gasteiger partial charge in [-0.1, -0.05) is 5.16 Å². The van der Waals surface area contributed by atoms with Gasteiger partial charge in [0.1, 0.15) is 6.04 Å². The van der Waals surface area contributed by atoms with Crippen molar-refractivity contribution in [2.24, 2.45) is 5.73 Å². The molecular weight excluding hydrogens is 226 g/mol. The maximum absolute atomic E-state index is 9.32. The van der Waals surface area contributed by atoms with Gasteiger partial charge in [0.05, 0.1) is 6.10 Å². The third kappa shape index (κ3) is 1.99. The Morgan fingerprint density at radius 3 is 2.81 bits per heavy atom. The summed E-state index contributed by atoms with van der Waals surface area (Å²) in [5.74, 6) is 0.778. The molecule has 2 heterocycles. The van der Waals surface area contributed by atoms with Crippen LogP contribution in [0.2, 0.25) is 0 Å². The first-order valence-corrected chi connectivity index (χ1v) is 5.84. The third-order valence-electron chi connectivity index (χ3n) is 2.34. The van der Waals surface area contributed by atoms with Crippen LogP contribution in [0.1, 0.15) is 24.4 Å². The minimum atomic E-state index is -0.711. The van der Waals surface area contributed by atoms with Crippen LogP contribution in [0.4, 0.5) is 0 Å². The van der Waals surface area contributed by atoms with Crippen molar-refractivity contribution in [2.45, 2.75) is 26.0 Å². The highest BCUT2D eigenvalue weighted by molar-refractivity contribution is 7.08. The quantitative estimate of drug-likeness (QED) is 0.847. The molecule has 0 bridgehead atoms. The number of hydrogen-bond donors (Lipinski definition) is 2. The summed E-state index contributed by atoms with van der Waals surface area (Å²) in [6.45, 7) is 3.57. The molecule has 2 rings (SSSR count). The van der Waals surface area contributed by atoms with Crippen molar-refractivity contribution < 1.29 is 9.63 Å². The number of aliphatic hydroxyl groups is 1. The van der Waals surface area contributed by atoms with E-state index in [4.69, 9.17) is 10.3 Å². The number of thiophene rings is 1. The van der Waals surface area contributed by atoms with E-state index in [0.29, 0.717) is 5.82 Å². The second-order valence-electron chi connectivity index (χ2n) is 3.69. The van der Waals surface area contributed by atoms with Crippen LogP contribution in [-0.2, 0) is 0 Å². The van der Waals surface area contributed by atoms with Gasteiger partial charge in [-0.25, -0.2) is 0 Å². The van der Waals surface area contributed by atoms with Crippen LogP contribution in [0, 0.1) is 6.92 Å². The molecule has 0 saturated carbocycles. The molecule has 2 aromatic rings. The van der Waals surface area contributed by atoms with Crippen molar-refractivity contribution in [3.63, 3.8) is 0 Å². The predicted molar refractivity (Wildman–Crippen MR) is 61.0 cm³/mol. The van der Waals surface area contributed by atoms with E-state index in [2.05, 4.69) is 10.1 Å². The molecule has 0 spiro atoms. The van der Waals surface area contributed by atoms with Gasteiger partial charge in [0.15, 0.2) is 0 Å². The molecule has 2 atom stereocenters. The zero-order chi connectivity index (χ0) is 11.7. The van der Waals surface area contributed by atoms with Crippen LogP contribution in [0.3, 0.4) is 0 Å². The van der Waals surface area contributed by atoms with Crippen LogP contribution in [0.15, 0.2) is 15.3 Å². The number of nitrogens with two attached hydrogens (primary N) is 1. The smallest absolute Gasteiger partial charge is 0.246 e. The number of nitrogens with zero attached hydrogens (tertiary/aromatic N) is 2. The third-order valence-corrected chi connectivity index (χ3v) is 3.20. The fraction of sp³-hybridized carbons (Fsp3) is 0.400. The van der Waals surface area contributed by atoms with E-state index < -0.39 is 12.1 Å². The number of aryl methyl sites for hydroxylation is 1. The fourth-order valence-electron chi connectivity index (χ4n) is 1.28. The minimum absolute atomic E-state index is 0.260. The summed E-state index contributed by atoms with van der Waals surface area (Å²) < 4.78 is 5.03. The topological polar surface area (TPSA) is 85.2 Å². The molecule has 0 aromatic carbocycles. The lowest BCUT2D eigenvalue weighted by atomic mass is 10.2. The van der Waals surface area contributed by atoms with Crippen LogP contribution in [0.25, 0.3) is 11.4 Å². The SMILES string of the molecule is Cc1cscc1-c1noc([C@@H](N)[C@@H](C)O)n1. The molecule has 5 nitrogen and oxygen atoms in total. The highest BCUT2D eigenvalue weighted by atomic mass is 32.1. The van der Waals surface area contributed by atoms with Gasteiger partial charge in [-0.3, -0.25) is 0 Å². The predicted octanol–water partition coefficient (Wildman–Crippen LogP) is 1.49. The largest absolute Gasteiger partial charge is 0.391 e. The summed E-state index contributed by atoms with van der Waals surface area (Å²) in [6, 6.07) is -0.639. The van der Waals surface area contributed by atoms with Gasteiger partial charge in [-0.2, -0.15) is 16.3 Å². The maximum atomic E-state index is 9.32. The lowest BCUT2D eigenvalue weighted by molar-refractivity contribution is 0.146. The molecule has 0 aliphatic carbocycles. The number of rotatable bonds is 3. The molecule has 2 aromatic heterocycles. The molecule has 0 aliphatic rings. The average Bonchev–Trinajstić information content (AvgIpc) is 2.84. The lowest BCUT2D eigenvalue weighted by Crippen LogP contribution is -2.23. The minimum Gasteiger partial charge on any atom is -0.391 e. The van der Waals surface area contributed by atoms with Gasteiger partial charge in [0.2, 0.25) is 11.7 Å². The van der Waals surface area contributed by atoms with E-state index >= 15 is 0 Å². The Kier molecular flexibility index (Phi) is 3.04. The van der Waals surface area contributed by atoms with E-state index in [1.807, 2.05) is 17.7 Å². The van der Waals surface area contributed by atoms with E-state index in [1.165, 1.54) is 0 Å². The van der Waals surface area contributed by atoms with Crippen molar-refractivity contribution in [2.75, 3.05) is 0 Å². The van der Waals surface area contributed by atoms with Crippen molar-refractivity contribution in [1.82, 2.24) is 10.1 Å². The molecule has 0 fully saturated rings. The highest BCUT2D eigenvalue weighted by Gasteiger charge is 2.20. The molecule has 3 N–H and O–H groups in total. The van der Waals surface area contributed by atoms with E-state index in [1.54, 1.807) is 18.3 Å². The van der Waals surface area contributed by atoms with E-state index in [-0.39, 0.29) is 5.89 Å². The van der Waals surface area contributed by atoms with Crippen LogP contribution >= 0.6 is 11.3 Å². The Hall–Kier alpha value is -1.24. The molecule has 0 radical (unpaired) electrons. The van der Waals surface area contributed by atoms with E-state index in [9.17, 15) is 5.11 Å². The summed E-state index contributed by atoms with van der Waals surface area (Å²) in [4.78, 5) is 4.18. The Labute approximate surface area is 96.9 Å². The summed E-state index contributed by atoms with van der Waals surface area (Å²) >= 11 is 1.58. The summed E-state index contributed by atoms with van der Waals surface area (Å²) in [5.41, 5.74) is 7.74. The van der Waals surface area contributed by atoms with Gasteiger partial charge < -0.3 is 15.4 Å². The summed E-state index contributed by atoms with van der Waals surface area (Å²) in [7, 11) is 0. The van der Waals surface area contributed by atoms with Gasteiger partial charge >= 0.3 is 0 Å². The zero-order valence-electron chi connectivity index (χ0n) is 9.04. The molecule has 16 heavy (non-hydrogen) atoms. The molecule has 0 amide bonds. The van der Waals surface area contributed by atoms with Crippen molar-refractivity contribution in [3.8, 4) is 11.4 Å². The zero-order valence-corrected chi connectivity index (χ0v) is 9.86. The van der Waals surface area contributed by atoms with Gasteiger partial charge in [0.25, 0.3) is 0 Å². The first-order chi connectivity index (χ1) is 7.59. The van der Waals surface area contributed by atoms with Crippen LogP contribution < -0.4 is 5.73 Å². The van der Waals surface area contributed by atoms with Crippen LogP contribution in [-0.4, -0.2) is 21.4 Å². The monoisotopic (exact) mass is 239 g/mol. The van der Waals surface area contributed by atoms with Gasteiger partial charge in [0, 0.05) is 10.9 Å². The highest BCUT2D eigenvalue weighted by Crippen LogP contribution is 2.25. The van der Waals surface area contributed by atoms with Crippen molar-refractivity contribution in [3.05, 3.63) is 22.2 Å². The molecule has 0 aliphatic heterocycles. The molecule has 0 unspecified atom stereocenters. The molecule has 86 valence electrons. The molecule has 6 heteroatoms. The maximum Gasteiger partial charge on any atom is 0.246 e. The second-order valence-corrected chi connectivity index (χ2v) is 4.43. The Bertz CT molecular complexity index is 478. The van der Waals surface area contributed by atoms with Crippen molar-refractivity contribution in [1.29, 1.82) is 0 Å². The first kappa shape index (κ1) is 11.3. The number of aliphatic hydroxyl groups excluding tert-OH is 1. The summed E-state index contributed by atoms with van der Waals surface area (Å²) in [5, 5.41) is 17.1. The average molecular weight is 239 g/mol. The number of hydrogen-bond acceptors (Lipinski definition) is 6.